The van der Waals surface area contributed by atoms with Crippen LogP contribution in [0.2, 0.25) is 0 Å². The monoisotopic (exact) mass is 418 g/mol. The highest BCUT2D eigenvalue weighted by Crippen LogP contribution is 2.32. The van der Waals surface area contributed by atoms with Crippen LogP contribution in [-0.4, -0.2) is 51.6 Å². The van der Waals surface area contributed by atoms with Crippen LogP contribution in [0.3, 0.4) is 0 Å². The quantitative estimate of drug-likeness (QED) is 0.771. The zero-order chi connectivity index (χ0) is 21.8. The number of nitrogens with one attached hydrogen (secondary N) is 1. The number of likely N-dealkylation sites (tertiary alicyclic amines) is 1. The van der Waals surface area contributed by atoms with E-state index >= 15 is 0 Å². The summed E-state index contributed by atoms with van der Waals surface area (Å²) < 4.78 is 0. The van der Waals surface area contributed by atoms with E-state index in [4.69, 9.17) is 0 Å². The van der Waals surface area contributed by atoms with Gasteiger partial charge >= 0.3 is 0 Å². The normalized spacial score (nSPS) is 22.8. The average molecular weight is 418 g/mol. The number of pyridine rings is 1. The van der Waals surface area contributed by atoms with E-state index < -0.39 is 6.04 Å². The summed E-state index contributed by atoms with van der Waals surface area (Å²) >= 11 is 0. The van der Waals surface area contributed by atoms with Crippen LogP contribution in [0, 0.1) is 5.41 Å². The maximum absolute atomic E-state index is 12.9. The van der Waals surface area contributed by atoms with E-state index in [-0.39, 0.29) is 24.1 Å². The zero-order valence-corrected chi connectivity index (χ0v) is 17.9. The molecule has 1 atom stereocenters. The summed E-state index contributed by atoms with van der Waals surface area (Å²) in [5, 5.41) is 2.34. The highest BCUT2D eigenvalue weighted by molar-refractivity contribution is 6.05. The van der Waals surface area contributed by atoms with Crippen molar-refractivity contribution >= 4 is 17.7 Å². The molecule has 7 nitrogen and oxygen atoms in total. The molecule has 0 spiro atoms. The zero-order valence-electron chi connectivity index (χ0n) is 17.9. The fourth-order valence-corrected chi connectivity index (χ4v) is 5.00. The highest BCUT2D eigenvalue weighted by Gasteiger charge is 2.39. The van der Waals surface area contributed by atoms with E-state index in [9.17, 15) is 14.4 Å². The molecule has 3 amide bonds. The lowest BCUT2D eigenvalue weighted by atomic mass is 9.84. The van der Waals surface area contributed by atoms with Gasteiger partial charge in [0.2, 0.25) is 11.8 Å². The van der Waals surface area contributed by atoms with Crippen molar-refractivity contribution in [2.75, 3.05) is 13.1 Å². The lowest BCUT2D eigenvalue weighted by molar-refractivity contribution is -0.136. The van der Waals surface area contributed by atoms with Gasteiger partial charge in [-0.05, 0) is 47.2 Å². The molecule has 1 aromatic heterocycles. The molecule has 1 unspecified atom stereocenters. The van der Waals surface area contributed by atoms with Crippen LogP contribution in [0.25, 0.3) is 11.3 Å². The molecule has 0 radical (unpaired) electrons. The predicted molar refractivity (Wildman–Crippen MR) is 115 cm³/mol. The molecule has 2 aromatic rings. The summed E-state index contributed by atoms with van der Waals surface area (Å²) in [6.07, 6.45) is 2.46. The van der Waals surface area contributed by atoms with Crippen LogP contribution < -0.4 is 5.32 Å². The minimum Gasteiger partial charge on any atom is -0.322 e. The van der Waals surface area contributed by atoms with Crippen molar-refractivity contribution in [1.82, 2.24) is 20.1 Å². The van der Waals surface area contributed by atoms with Gasteiger partial charge in [0.25, 0.3) is 5.91 Å². The van der Waals surface area contributed by atoms with E-state index in [0.29, 0.717) is 23.9 Å². The van der Waals surface area contributed by atoms with Crippen LogP contribution in [-0.2, 0) is 22.7 Å². The Kier molecular flexibility index (Phi) is 4.66. The third-order valence-corrected chi connectivity index (χ3v) is 6.35. The Labute approximate surface area is 181 Å². The molecule has 4 heterocycles. The summed E-state index contributed by atoms with van der Waals surface area (Å²) in [6, 6.07) is 9.31. The molecule has 2 saturated heterocycles. The first-order valence-electron chi connectivity index (χ1n) is 10.7. The molecule has 3 aliphatic heterocycles. The maximum Gasteiger partial charge on any atom is 0.255 e. The van der Waals surface area contributed by atoms with Gasteiger partial charge in [0.1, 0.15) is 6.04 Å². The molecular formula is C24H26N4O3. The van der Waals surface area contributed by atoms with E-state index in [2.05, 4.69) is 41.2 Å². The molecule has 5 rings (SSSR count). The van der Waals surface area contributed by atoms with Gasteiger partial charge in [-0.3, -0.25) is 29.6 Å². The molecule has 7 heteroatoms. The van der Waals surface area contributed by atoms with Gasteiger partial charge in [-0.2, -0.15) is 0 Å². The number of fused-ring (bicyclic) bond motifs is 1. The second-order valence-electron chi connectivity index (χ2n) is 9.63. The van der Waals surface area contributed by atoms with Gasteiger partial charge in [0.15, 0.2) is 0 Å². The van der Waals surface area contributed by atoms with Gasteiger partial charge in [-0.25, -0.2) is 0 Å². The average Bonchev–Trinajstić information content (AvgIpc) is 3.03. The number of benzene rings is 1. The highest BCUT2D eigenvalue weighted by atomic mass is 16.2. The topological polar surface area (TPSA) is 82.6 Å². The van der Waals surface area contributed by atoms with Crippen molar-refractivity contribution in [3.05, 3.63) is 53.2 Å². The summed E-state index contributed by atoms with van der Waals surface area (Å²) in [5.74, 6) is -0.820. The molecular weight excluding hydrogens is 392 g/mol. The number of aromatic nitrogens is 1. The van der Waals surface area contributed by atoms with Gasteiger partial charge in [0, 0.05) is 49.9 Å². The fraction of sp³-hybridized carbons (Fsp3) is 0.417. The van der Waals surface area contributed by atoms with Crippen molar-refractivity contribution in [2.24, 2.45) is 5.41 Å². The Morgan fingerprint density at radius 1 is 1.13 bits per heavy atom. The summed E-state index contributed by atoms with van der Waals surface area (Å²) in [7, 11) is 0. The SMILES string of the molecule is CC1(C)CN(Cc2ccnc(-c3ccc4c(c3)CN(C3CCC(=O)NC3=O)C4=O)c2)C1. The van der Waals surface area contributed by atoms with E-state index in [0.717, 1.165) is 36.5 Å². The minimum atomic E-state index is -0.594. The number of amides is 3. The van der Waals surface area contributed by atoms with Gasteiger partial charge < -0.3 is 4.90 Å². The smallest absolute Gasteiger partial charge is 0.255 e. The van der Waals surface area contributed by atoms with Crippen LogP contribution >= 0.6 is 0 Å². The predicted octanol–water partition coefficient (Wildman–Crippen LogP) is 2.35. The maximum atomic E-state index is 12.9. The van der Waals surface area contributed by atoms with Gasteiger partial charge in [-0.1, -0.05) is 19.9 Å². The molecule has 31 heavy (non-hydrogen) atoms. The van der Waals surface area contributed by atoms with Crippen LogP contribution in [0.5, 0.6) is 0 Å². The molecule has 160 valence electrons. The first kappa shape index (κ1) is 19.9. The Morgan fingerprint density at radius 3 is 2.68 bits per heavy atom. The van der Waals surface area contributed by atoms with E-state index in [1.54, 1.807) is 4.90 Å². The second-order valence-corrected chi connectivity index (χ2v) is 9.63. The number of carbonyl (C=O) groups excluding carboxylic acids is 3. The standard InChI is InChI=1S/C24H26N4O3/c1-24(2)13-27(14-24)11-15-7-8-25-19(9-15)16-3-4-18-17(10-16)12-28(23(18)31)20-5-6-21(29)26-22(20)30/h3-4,7-10,20H,5-6,11-14H2,1-2H3,(H,26,29,30). The van der Waals surface area contributed by atoms with Crippen LogP contribution in [0.1, 0.15) is 48.2 Å². The number of imide groups is 1. The third kappa shape index (κ3) is 3.74. The first-order chi connectivity index (χ1) is 14.8. The van der Waals surface area contributed by atoms with Crippen molar-refractivity contribution < 1.29 is 14.4 Å². The molecule has 1 aromatic carbocycles. The molecule has 3 aliphatic rings. The Hall–Kier alpha value is -3.06. The summed E-state index contributed by atoms with van der Waals surface area (Å²) in [5.41, 5.74) is 4.98. The number of carbonyl (C=O) groups is 3. The molecule has 0 aliphatic carbocycles. The van der Waals surface area contributed by atoms with E-state index in [1.165, 1.54) is 5.56 Å². The number of nitrogens with zero attached hydrogens (tertiary/aromatic N) is 3. The number of hydrogen-bond acceptors (Lipinski definition) is 5. The lowest BCUT2D eigenvalue weighted by Gasteiger charge is -2.46. The molecule has 1 N–H and O–H groups in total. The minimum absolute atomic E-state index is 0.154. The number of hydrogen-bond donors (Lipinski definition) is 1. The molecule has 0 saturated carbocycles. The van der Waals surface area contributed by atoms with Crippen molar-refractivity contribution in [2.45, 2.75) is 45.8 Å². The third-order valence-electron chi connectivity index (χ3n) is 6.35. The second kappa shape index (κ2) is 7.27. The first-order valence-corrected chi connectivity index (χ1v) is 10.7. The fourth-order valence-electron chi connectivity index (χ4n) is 5.00. The largest absolute Gasteiger partial charge is 0.322 e. The van der Waals surface area contributed by atoms with E-state index in [1.807, 2.05) is 24.4 Å². The van der Waals surface area contributed by atoms with Crippen molar-refractivity contribution in [1.29, 1.82) is 0 Å². The van der Waals surface area contributed by atoms with Crippen LogP contribution in [0.4, 0.5) is 0 Å². The summed E-state index contributed by atoms with van der Waals surface area (Å²) in [4.78, 5) is 45.1. The van der Waals surface area contributed by atoms with Crippen LogP contribution in [0.15, 0.2) is 36.5 Å². The lowest BCUT2D eigenvalue weighted by Crippen LogP contribution is -2.52. The van der Waals surface area contributed by atoms with Crippen molar-refractivity contribution in [3.8, 4) is 11.3 Å². The van der Waals surface area contributed by atoms with Gasteiger partial charge in [0.05, 0.1) is 5.69 Å². The number of piperidine rings is 1. The molecule has 2 fully saturated rings. The van der Waals surface area contributed by atoms with Gasteiger partial charge in [-0.15, -0.1) is 0 Å². The Bertz CT molecular complexity index is 1090. The summed E-state index contributed by atoms with van der Waals surface area (Å²) in [6.45, 7) is 8.04. The Morgan fingerprint density at radius 2 is 1.94 bits per heavy atom. The Balaban J connectivity index is 1.34. The van der Waals surface area contributed by atoms with Crippen molar-refractivity contribution in [3.63, 3.8) is 0 Å². The number of rotatable bonds is 4. The molecule has 0 bridgehead atoms.